The summed E-state index contributed by atoms with van der Waals surface area (Å²) in [7, 11) is -0.968. The fourth-order valence-electron chi connectivity index (χ4n) is 2.21. The zero-order valence-electron chi connectivity index (χ0n) is 10.5. The molecule has 1 aromatic carbocycles. The average Bonchev–Trinajstić information content (AvgIpc) is 3.00. The Morgan fingerprint density at radius 3 is 2.61 bits per heavy atom. The molecule has 1 aliphatic rings. The lowest BCUT2D eigenvalue weighted by Crippen LogP contribution is -2.17. The van der Waals surface area contributed by atoms with Crippen molar-refractivity contribution in [2.24, 2.45) is 5.41 Å². The maximum Gasteiger partial charge on any atom is 0.303 e. The molecule has 98 valence electrons. The largest absolute Gasteiger partial charge is 0.481 e. The predicted molar refractivity (Wildman–Crippen MR) is 71.8 cm³/mol. The Morgan fingerprint density at radius 2 is 2.06 bits per heavy atom. The molecule has 0 heterocycles. The molecule has 0 spiro atoms. The van der Waals surface area contributed by atoms with Gasteiger partial charge in [0.1, 0.15) is 0 Å². The van der Waals surface area contributed by atoms with Crippen molar-refractivity contribution in [3.05, 3.63) is 35.4 Å². The number of hydrogen-bond donors (Lipinski definition) is 1. The lowest BCUT2D eigenvalue weighted by molar-refractivity contribution is -0.138. The first-order chi connectivity index (χ1) is 8.51. The highest BCUT2D eigenvalue weighted by atomic mass is 32.2. The van der Waals surface area contributed by atoms with E-state index in [0.29, 0.717) is 11.5 Å². The van der Waals surface area contributed by atoms with Crippen LogP contribution in [-0.2, 0) is 21.3 Å². The van der Waals surface area contributed by atoms with Crippen LogP contribution in [0.4, 0.5) is 0 Å². The Balaban J connectivity index is 1.94. The molecule has 0 bridgehead atoms. The minimum absolute atomic E-state index is 0.159. The third-order valence-electron chi connectivity index (χ3n) is 3.53. The lowest BCUT2D eigenvalue weighted by atomic mass is 10.1. The zero-order valence-corrected chi connectivity index (χ0v) is 11.3. The smallest absolute Gasteiger partial charge is 0.303 e. The second-order valence-electron chi connectivity index (χ2n) is 5.23. The van der Waals surface area contributed by atoms with Crippen LogP contribution in [0.25, 0.3) is 0 Å². The molecule has 2 rings (SSSR count). The van der Waals surface area contributed by atoms with Crippen molar-refractivity contribution >= 4 is 16.8 Å². The van der Waals surface area contributed by atoms with Crippen molar-refractivity contribution in [1.82, 2.24) is 0 Å². The van der Waals surface area contributed by atoms with Gasteiger partial charge in [-0.3, -0.25) is 9.00 Å². The highest BCUT2D eigenvalue weighted by molar-refractivity contribution is 7.84. The van der Waals surface area contributed by atoms with E-state index in [1.54, 1.807) is 0 Å². The molecule has 4 heteroatoms. The van der Waals surface area contributed by atoms with Crippen LogP contribution in [0.3, 0.4) is 0 Å². The first kappa shape index (κ1) is 13.3. The number of aliphatic carboxylic acids is 1. The average molecular weight is 266 g/mol. The van der Waals surface area contributed by atoms with E-state index in [0.717, 1.165) is 24.0 Å². The number of benzene rings is 1. The van der Waals surface area contributed by atoms with Crippen LogP contribution in [0.5, 0.6) is 0 Å². The van der Waals surface area contributed by atoms with Crippen molar-refractivity contribution in [2.75, 3.05) is 5.75 Å². The van der Waals surface area contributed by atoms with E-state index in [4.69, 9.17) is 5.11 Å². The van der Waals surface area contributed by atoms with Crippen LogP contribution in [-0.4, -0.2) is 21.0 Å². The van der Waals surface area contributed by atoms with Crippen LogP contribution >= 0.6 is 0 Å². The van der Waals surface area contributed by atoms with Gasteiger partial charge < -0.3 is 5.11 Å². The van der Waals surface area contributed by atoms with Gasteiger partial charge in [-0.1, -0.05) is 24.3 Å². The Kier molecular flexibility index (Phi) is 3.85. The van der Waals surface area contributed by atoms with E-state index in [1.165, 1.54) is 0 Å². The van der Waals surface area contributed by atoms with Gasteiger partial charge in [-0.2, -0.15) is 0 Å². The van der Waals surface area contributed by atoms with Gasteiger partial charge >= 0.3 is 5.97 Å². The van der Waals surface area contributed by atoms with Crippen molar-refractivity contribution in [3.63, 3.8) is 0 Å². The van der Waals surface area contributed by atoms with Gasteiger partial charge in [0.2, 0.25) is 0 Å². The monoisotopic (exact) mass is 266 g/mol. The first-order valence-electron chi connectivity index (χ1n) is 6.12. The molecule has 1 fully saturated rings. The summed E-state index contributed by atoms with van der Waals surface area (Å²) in [5.41, 5.74) is 2.07. The Hall–Kier alpha value is -1.16. The second kappa shape index (κ2) is 5.22. The normalized spacial score (nSPS) is 18.3. The maximum absolute atomic E-state index is 12.1. The summed E-state index contributed by atoms with van der Waals surface area (Å²) in [4.78, 5) is 10.7. The summed E-state index contributed by atoms with van der Waals surface area (Å²) < 4.78 is 12.1. The fraction of sp³-hybridized carbons (Fsp3) is 0.500. The van der Waals surface area contributed by atoms with E-state index < -0.39 is 16.8 Å². The molecule has 0 amide bonds. The van der Waals surface area contributed by atoms with Crippen LogP contribution in [0.2, 0.25) is 0 Å². The van der Waals surface area contributed by atoms with Crippen LogP contribution < -0.4 is 0 Å². The Labute approximate surface area is 110 Å². The summed E-state index contributed by atoms with van der Waals surface area (Å²) in [6.07, 6.45) is 1.96. The summed E-state index contributed by atoms with van der Waals surface area (Å²) in [5.74, 6) is 0.280. The summed E-state index contributed by atoms with van der Waals surface area (Å²) in [6.45, 7) is 2.01. The number of carbonyl (C=O) groups is 1. The standard InChI is InChI=1S/C14H18O3S/c1-11-4-2-3-5-12(11)9-18(17)10-14(6-7-14)8-13(15)16/h2-5H,6-10H2,1H3,(H,15,16). The first-order valence-corrected chi connectivity index (χ1v) is 7.61. The Bertz CT molecular complexity index is 478. The number of aryl methyl sites for hydroxylation is 1. The van der Waals surface area contributed by atoms with Crippen molar-refractivity contribution < 1.29 is 14.1 Å². The van der Waals surface area contributed by atoms with E-state index >= 15 is 0 Å². The second-order valence-corrected chi connectivity index (χ2v) is 6.68. The zero-order chi connectivity index (χ0) is 13.2. The third-order valence-corrected chi connectivity index (χ3v) is 5.10. The molecule has 1 aromatic rings. The minimum atomic E-state index is -0.968. The van der Waals surface area contributed by atoms with Gasteiger partial charge in [-0.25, -0.2) is 0 Å². The Morgan fingerprint density at radius 1 is 1.39 bits per heavy atom. The number of carboxylic acid groups (broad SMARTS) is 1. The molecular weight excluding hydrogens is 248 g/mol. The van der Waals surface area contributed by atoms with Crippen molar-refractivity contribution in [2.45, 2.75) is 31.9 Å². The molecule has 1 unspecified atom stereocenters. The van der Waals surface area contributed by atoms with Gasteiger partial charge in [0, 0.05) is 22.3 Å². The quantitative estimate of drug-likeness (QED) is 0.860. The van der Waals surface area contributed by atoms with E-state index in [9.17, 15) is 9.00 Å². The molecule has 0 aliphatic heterocycles. The van der Waals surface area contributed by atoms with Crippen LogP contribution in [0.1, 0.15) is 30.4 Å². The molecule has 1 saturated carbocycles. The summed E-state index contributed by atoms with van der Waals surface area (Å²) in [6, 6.07) is 7.92. The van der Waals surface area contributed by atoms with Crippen molar-refractivity contribution in [1.29, 1.82) is 0 Å². The number of rotatable bonds is 6. The maximum atomic E-state index is 12.1. The van der Waals surface area contributed by atoms with Crippen LogP contribution in [0.15, 0.2) is 24.3 Å². The highest BCUT2D eigenvalue weighted by Crippen LogP contribution is 2.49. The van der Waals surface area contributed by atoms with Gasteiger partial charge in [0.25, 0.3) is 0 Å². The molecule has 0 radical (unpaired) electrons. The van der Waals surface area contributed by atoms with Gasteiger partial charge in [-0.15, -0.1) is 0 Å². The molecular formula is C14H18O3S. The molecule has 3 nitrogen and oxygen atoms in total. The SMILES string of the molecule is Cc1ccccc1CS(=O)CC1(CC(=O)O)CC1. The van der Waals surface area contributed by atoms with E-state index in [1.807, 2.05) is 31.2 Å². The highest BCUT2D eigenvalue weighted by Gasteiger charge is 2.45. The molecule has 18 heavy (non-hydrogen) atoms. The number of carboxylic acids is 1. The number of hydrogen-bond acceptors (Lipinski definition) is 2. The molecule has 1 atom stereocenters. The molecule has 1 N–H and O–H groups in total. The van der Waals surface area contributed by atoms with E-state index in [2.05, 4.69) is 0 Å². The fourth-order valence-corrected chi connectivity index (χ4v) is 4.05. The summed E-state index contributed by atoms with van der Waals surface area (Å²) >= 11 is 0. The van der Waals surface area contributed by atoms with Crippen molar-refractivity contribution in [3.8, 4) is 0 Å². The minimum Gasteiger partial charge on any atom is -0.481 e. The van der Waals surface area contributed by atoms with Crippen LogP contribution in [0, 0.1) is 12.3 Å². The topological polar surface area (TPSA) is 54.4 Å². The van der Waals surface area contributed by atoms with Gasteiger partial charge in [0.15, 0.2) is 0 Å². The molecule has 1 aliphatic carbocycles. The predicted octanol–water partition coefficient (Wildman–Crippen LogP) is 2.50. The molecule has 0 saturated heterocycles. The summed E-state index contributed by atoms with van der Waals surface area (Å²) in [5, 5.41) is 8.84. The van der Waals surface area contributed by atoms with Gasteiger partial charge in [-0.05, 0) is 36.3 Å². The molecule has 0 aromatic heterocycles. The van der Waals surface area contributed by atoms with E-state index in [-0.39, 0.29) is 11.8 Å². The lowest BCUT2D eigenvalue weighted by Gasteiger charge is -2.12. The van der Waals surface area contributed by atoms with Gasteiger partial charge in [0.05, 0.1) is 6.42 Å². The third kappa shape index (κ3) is 3.42.